The van der Waals surface area contributed by atoms with E-state index in [4.69, 9.17) is 19.2 Å². The van der Waals surface area contributed by atoms with Gasteiger partial charge in [-0.2, -0.15) is 4.98 Å². The molecule has 67 heavy (non-hydrogen) atoms. The zero-order valence-electron chi connectivity index (χ0n) is 37.4. The number of hydrogen-bond acceptors (Lipinski definition) is 13. The molecule has 3 aromatic carbocycles. The number of aromatic amines is 1. The molecule has 0 bridgehead atoms. The molecule has 5 aromatic rings. The van der Waals surface area contributed by atoms with E-state index in [1.807, 2.05) is 35.2 Å². The maximum absolute atomic E-state index is 14.6. The Balaban J connectivity index is 0.869. The molecule has 7 heterocycles. The van der Waals surface area contributed by atoms with Crippen molar-refractivity contribution in [2.24, 2.45) is 11.3 Å². The Morgan fingerprint density at radius 3 is 2.60 bits per heavy atom. The first kappa shape index (κ1) is 43.6. The molecule has 0 radical (unpaired) electrons. The van der Waals surface area contributed by atoms with E-state index in [-0.39, 0.29) is 28.6 Å². The Hall–Kier alpha value is -6.01. The van der Waals surface area contributed by atoms with Crippen LogP contribution >= 0.6 is 0 Å². The molecule has 5 fully saturated rings. The second-order valence-corrected chi connectivity index (χ2v) is 20.8. The van der Waals surface area contributed by atoms with Crippen LogP contribution in [0.1, 0.15) is 78.9 Å². The molecule has 1 aliphatic carbocycles. The zero-order chi connectivity index (χ0) is 45.9. The summed E-state index contributed by atoms with van der Waals surface area (Å²) in [6.07, 6.45) is 11.9. The highest BCUT2D eigenvalue weighted by Crippen LogP contribution is 2.54. The third-order valence-electron chi connectivity index (χ3n) is 15.3. The van der Waals surface area contributed by atoms with Crippen molar-refractivity contribution < 1.29 is 32.3 Å². The van der Waals surface area contributed by atoms with Crippen LogP contribution in [0.2, 0.25) is 0 Å². The number of carbonyl (C=O) groups is 1. The van der Waals surface area contributed by atoms with Gasteiger partial charge in [0.25, 0.3) is 21.6 Å². The number of sulfonamides is 1. The maximum Gasteiger partial charge on any atom is 0.293 e. The number of pyridine rings is 1. The van der Waals surface area contributed by atoms with Crippen LogP contribution in [0.3, 0.4) is 0 Å². The Bertz CT molecular complexity index is 2830. The van der Waals surface area contributed by atoms with Gasteiger partial charge in [0.05, 0.1) is 40.3 Å². The first-order valence-corrected chi connectivity index (χ1v) is 25.1. The van der Waals surface area contributed by atoms with E-state index in [1.165, 1.54) is 48.9 Å². The zero-order valence-corrected chi connectivity index (χ0v) is 38.2. The predicted molar refractivity (Wildman–Crippen MR) is 256 cm³/mol. The Morgan fingerprint density at radius 2 is 1.79 bits per heavy atom. The number of nitro benzene ring substituents is 1. The molecule has 350 valence electrons. The summed E-state index contributed by atoms with van der Waals surface area (Å²) in [6, 6.07) is 22.4. The standard InChI is InChI=1S/C50H56N8O8S/c1-2-33-6-3-4-7-38(33)41-8-5-19-56(41)36-27-50(28-36)16-20-55(21-17-50)35-9-11-39(42(25-35)57-44-24-34-13-18-51-47(34)53-49(44)66-46-31-65-30-45(46)57)48(59)54-67(62,63)37-10-12-40(43(26-37)58(60)61)52-29-32-14-22-64-23-15-32/h2-4,6-7,9-13,18,24-26,32,36,41,45-46,52H,1,5,8,14-17,19-23,27-31H2,(H,51,53)(H,54,59)/t41-,45+,46+/m0/s1. The van der Waals surface area contributed by atoms with E-state index >= 15 is 0 Å². The SMILES string of the molecule is C=Cc1ccccc1[C@@H]1CCCN1C1CC2(CCN(c3ccc(C(=O)NS(=O)(=O)c4ccc(NCC5CCOCC5)c([N+](=O)[O-])c4)c(N4c5cc6cc[nH]c6nc5O[C@@H]5COC[C@H]54)c3)CC2)C1. The van der Waals surface area contributed by atoms with Gasteiger partial charge in [-0.15, -0.1) is 0 Å². The molecule has 3 atom stereocenters. The van der Waals surface area contributed by atoms with Crippen molar-refractivity contribution in [2.45, 2.75) is 80.5 Å². The first-order chi connectivity index (χ1) is 32.6. The van der Waals surface area contributed by atoms with Crippen molar-refractivity contribution in [1.82, 2.24) is 19.6 Å². The van der Waals surface area contributed by atoms with Crippen molar-refractivity contribution in [1.29, 1.82) is 0 Å². The summed E-state index contributed by atoms with van der Waals surface area (Å²) in [7, 11) is -4.59. The van der Waals surface area contributed by atoms with Gasteiger partial charge in [0.15, 0.2) is 0 Å². The minimum atomic E-state index is -4.59. The Kier molecular flexibility index (Phi) is 11.4. The number of hydrogen-bond donors (Lipinski definition) is 3. The molecule has 1 saturated carbocycles. The summed E-state index contributed by atoms with van der Waals surface area (Å²) in [5, 5.41) is 16.2. The van der Waals surface area contributed by atoms with E-state index in [2.05, 4.69) is 55.7 Å². The van der Waals surface area contributed by atoms with Gasteiger partial charge in [-0.3, -0.25) is 19.8 Å². The number of benzene rings is 3. The van der Waals surface area contributed by atoms with Crippen LogP contribution < -0.4 is 24.6 Å². The van der Waals surface area contributed by atoms with E-state index in [1.54, 1.807) is 12.3 Å². The average molecular weight is 929 g/mol. The lowest BCUT2D eigenvalue weighted by Gasteiger charge is -2.56. The second-order valence-electron chi connectivity index (χ2n) is 19.1. The first-order valence-electron chi connectivity index (χ1n) is 23.6. The Morgan fingerprint density at radius 1 is 0.970 bits per heavy atom. The molecular formula is C50H56N8O8S. The van der Waals surface area contributed by atoms with Gasteiger partial charge in [0.1, 0.15) is 23.1 Å². The molecule has 5 aliphatic heterocycles. The smallest absolute Gasteiger partial charge is 0.293 e. The van der Waals surface area contributed by atoms with Gasteiger partial charge >= 0.3 is 0 Å². The van der Waals surface area contributed by atoms with E-state index in [9.17, 15) is 23.3 Å². The van der Waals surface area contributed by atoms with Crippen LogP contribution in [0.15, 0.2) is 90.5 Å². The lowest BCUT2D eigenvalue weighted by atomic mass is 9.59. The largest absolute Gasteiger partial charge is 0.468 e. The summed E-state index contributed by atoms with van der Waals surface area (Å²) >= 11 is 0. The van der Waals surface area contributed by atoms with E-state index < -0.39 is 37.5 Å². The van der Waals surface area contributed by atoms with Crippen molar-refractivity contribution in [3.63, 3.8) is 0 Å². The summed E-state index contributed by atoms with van der Waals surface area (Å²) in [5.74, 6) is -0.232. The fourth-order valence-corrected chi connectivity index (χ4v) is 12.6. The molecule has 4 saturated heterocycles. The van der Waals surface area contributed by atoms with Crippen molar-refractivity contribution in [3.8, 4) is 5.88 Å². The quantitative estimate of drug-likeness (QED) is 0.0810. The molecule has 3 N–H and O–H groups in total. The number of fused-ring (bicyclic) bond motifs is 3. The average Bonchev–Trinajstić information content (AvgIpc) is 4.13. The number of nitrogens with zero attached hydrogens (tertiary/aromatic N) is 5. The minimum absolute atomic E-state index is 0.109. The number of anilines is 4. The van der Waals surface area contributed by atoms with Gasteiger partial charge in [-0.05, 0) is 123 Å². The lowest BCUT2D eigenvalue weighted by Crippen LogP contribution is -2.55. The normalized spacial score (nSPS) is 23.1. The second kappa shape index (κ2) is 17.6. The van der Waals surface area contributed by atoms with Crippen molar-refractivity contribution >= 4 is 61.5 Å². The number of ether oxygens (including phenoxy) is 3. The number of aromatic nitrogens is 2. The van der Waals surface area contributed by atoms with Crippen LogP contribution in [0.25, 0.3) is 17.1 Å². The van der Waals surface area contributed by atoms with Gasteiger partial charge < -0.3 is 34.3 Å². The molecule has 2 aromatic heterocycles. The minimum Gasteiger partial charge on any atom is -0.468 e. The molecule has 17 heteroatoms. The molecule has 1 spiro atoms. The van der Waals surface area contributed by atoms with Crippen LogP contribution in [-0.2, 0) is 19.5 Å². The van der Waals surface area contributed by atoms with Crippen LogP contribution in [0.4, 0.5) is 28.4 Å². The lowest BCUT2D eigenvalue weighted by molar-refractivity contribution is -0.384. The van der Waals surface area contributed by atoms with Gasteiger partial charge in [-0.1, -0.05) is 36.9 Å². The Labute approximate surface area is 389 Å². The van der Waals surface area contributed by atoms with Crippen LogP contribution in [0, 0.1) is 21.4 Å². The number of nitro groups is 1. The molecule has 0 unspecified atom stereocenters. The molecule has 1 amide bonds. The number of amides is 1. The van der Waals surface area contributed by atoms with Gasteiger partial charge in [0.2, 0.25) is 5.88 Å². The third kappa shape index (κ3) is 8.19. The molecule has 16 nitrogen and oxygen atoms in total. The number of H-pyrrole nitrogens is 1. The van der Waals surface area contributed by atoms with Crippen LogP contribution in [0.5, 0.6) is 5.88 Å². The number of carbonyl (C=O) groups excluding carboxylic acids is 1. The number of likely N-dealkylation sites (tertiary alicyclic amines) is 1. The fraction of sp³-hybridized carbons (Fsp3) is 0.440. The highest BCUT2D eigenvalue weighted by molar-refractivity contribution is 7.90. The summed E-state index contributed by atoms with van der Waals surface area (Å²) in [5.41, 5.74) is 5.47. The number of rotatable bonds is 12. The van der Waals surface area contributed by atoms with Crippen molar-refractivity contribution in [2.75, 3.05) is 67.7 Å². The highest BCUT2D eigenvalue weighted by atomic mass is 32.2. The molecule has 6 aliphatic rings. The number of nitrogens with one attached hydrogen (secondary N) is 3. The van der Waals surface area contributed by atoms with E-state index in [0.717, 1.165) is 62.5 Å². The van der Waals surface area contributed by atoms with Crippen molar-refractivity contribution in [3.05, 3.63) is 112 Å². The van der Waals surface area contributed by atoms with Gasteiger partial charge in [0, 0.05) is 68.3 Å². The summed E-state index contributed by atoms with van der Waals surface area (Å²) < 4.78 is 48.2. The summed E-state index contributed by atoms with van der Waals surface area (Å²) in [6.45, 7) is 9.25. The number of piperidine rings is 1. The fourth-order valence-electron chi connectivity index (χ4n) is 11.6. The summed E-state index contributed by atoms with van der Waals surface area (Å²) in [4.78, 5) is 40.9. The maximum atomic E-state index is 14.6. The molecule has 11 rings (SSSR count). The topological polar surface area (TPSA) is 184 Å². The molecular weight excluding hydrogens is 873 g/mol. The third-order valence-corrected chi connectivity index (χ3v) is 16.6. The monoisotopic (exact) mass is 928 g/mol. The van der Waals surface area contributed by atoms with Gasteiger partial charge in [-0.25, -0.2) is 13.1 Å². The van der Waals surface area contributed by atoms with E-state index in [0.29, 0.717) is 68.0 Å². The highest BCUT2D eigenvalue weighted by Gasteiger charge is 2.50. The predicted octanol–water partition coefficient (Wildman–Crippen LogP) is 7.96. The van der Waals surface area contributed by atoms with Crippen LogP contribution in [-0.4, -0.2) is 105 Å².